The fraction of sp³-hybridized carbons (Fsp3) is 0.455. The van der Waals surface area contributed by atoms with Crippen molar-refractivity contribution in [3.05, 3.63) is 22.8 Å². The number of hydrogen-bond acceptors (Lipinski definition) is 4. The molecule has 1 N–H and O–H groups in total. The average molecular weight is 259 g/mol. The summed E-state index contributed by atoms with van der Waals surface area (Å²) in [7, 11) is 3.94. The Labute approximate surface area is 105 Å². The molecule has 0 bridgehead atoms. The topological polar surface area (TPSA) is 62.7 Å². The van der Waals surface area contributed by atoms with Crippen molar-refractivity contribution >= 4 is 17.6 Å². The van der Waals surface area contributed by atoms with E-state index in [1.165, 1.54) is 12.3 Å². The van der Waals surface area contributed by atoms with E-state index >= 15 is 0 Å². The van der Waals surface area contributed by atoms with Gasteiger partial charge in [-0.05, 0) is 26.6 Å². The molecule has 0 saturated carbocycles. The van der Waals surface area contributed by atoms with Crippen LogP contribution in [0.1, 0.15) is 16.8 Å². The zero-order valence-electron chi connectivity index (χ0n) is 9.81. The predicted octanol–water partition coefficient (Wildman–Crippen LogP) is 1.76. The Morgan fingerprint density at radius 1 is 1.59 bits per heavy atom. The lowest BCUT2D eigenvalue weighted by molar-refractivity contribution is 0.0696. The van der Waals surface area contributed by atoms with E-state index in [1.54, 1.807) is 0 Å². The summed E-state index contributed by atoms with van der Waals surface area (Å²) in [6.07, 6.45) is 2.19. The van der Waals surface area contributed by atoms with Crippen LogP contribution in [0, 0.1) is 0 Å². The monoisotopic (exact) mass is 258 g/mol. The highest BCUT2D eigenvalue weighted by molar-refractivity contribution is 6.34. The van der Waals surface area contributed by atoms with Crippen molar-refractivity contribution < 1.29 is 14.6 Å². The van der Waals surface area contributed by atoms with E-state index in [4.69, 9.17) is 21.4 Å². The number of aromatic nitrogens is 1. The van der Waals surface area contributed by atoms with Gasteiger partial charge in [-0.25, -0.2) is 9.78 Å². The van der Waals surface area contributed by atoms with Crippen molar-refractivity contribution in [1.29, 1.82) is 0 Å². The van der Waals surface area contributed by atoms with E-state index < -0.39 is 5.97 Å². The molecule has 5 nitrogen and oxygen atoms in total. The minimum atomic E-state index is -1.09. The number of carbonyl (C=O) groups is 1. The fourth-order valence-electron chi connectivity index (χ4n) is 1.24. The molecule has 1 rings (SSSR count). The second-order valence-corrected chi connectivity index (χ2v) is 4.17. The molecule has 0 radical (unpaired) electrons. The van der Waals surface area contributed by atoms with E-state index in [-0.39, 0.29) is 16.5 Å². The molecule has 0 amide bonds. The van der Waals surface area contributed by atoms with Crippen LogP contribution in [-0.4, -0.2) is 48.2 Å². The minimum absolute atomic E-state index is 0.00396. The maximum atomic E-state index is 10.8. The molecule has 6 heteroatoms. The number of rotatable bonds is 6. The highest BCUT2D eigenvalue weighted by Gasteiger charge is 2.13. The molecule has 1 aromatic heterocycles. The van der Waals surface area contributed by atoms with E-state index in [1.807, 2.05) is 19.0 Å². The third-order valence-electron chi connectivity index (χ3n) is 2.08. The average Bonchev–Trinajstić information content (AvgIpc) is 2.25. The van der Waals surface area contributed by atoms with Crippen LogP contribution in [0.25, 0.3) is 0 Å². The molecule has 0 spiro atoms. The van der Waals surface area contributed by atoms with Gasteiger partial charge in [-0.2, -0.15) is 0 Å². The summed E-state index contributed by atoms with van der Waals surface area (Å²) in [6.45, 7) is 1.34. The van der Waals surface area contributed by atoms with E-state index in [0.29, 0.717) is 6.61 Å². The molecule has 0 aliphatic heterocycles. The van der Waals surface area contributed by atoms with Gasteiger partial charge in [-0.1, -0.05) is 11.6 Å². The van der Waals surface area contributed by atoms with Crippen molar-refractivity contribution in [1.82, 2.24) is 9.88 Å². The van der Waals surface area contributed by atoms with Gasteiger partial charge in [-0.15, -0.1) is 0 Å². The van der Waals surface area contributed by atoms with Crippen molar-refractivity contribution in [2.24, 2.45) is 0 Å². The van der Waals surface area contributed by atoms with Crippen molar-refractivity contribution in [2.45, 2.75) is 6.42 Å². The van der Waals surface area contributed by atoms with Crippen LogP contribution in [0.5, 0.6) is 5.88 Å². The van der Waals surface area contributed by atoms with Crippen LogP contribution in [0.3, 0.4) is 0 Å². The second-order valence-electron chi connectivity index (χ2n) is 3.79. The summed E-state index contributed by atoms with van der Waals surface area (Å²) in [5, 5.41) is 8.91. The Balaban J connectivity index is 2.59. The molecule has 0 aliphatic rings. The Bertz CT molecular complexity index is 396. The lowest BCUT2D eigenvalue weighted by Gasteiger charge is -2.11. The van der Waals surface area contributed by atoms with Crippen LogP contribution >= 0.6 is 11.6 Å². The fourth-order valence-corrected chi connectivity index (χ4v) is 1.49. The zero-order valence-corrected chi connectivity index (χ0v) is 10.6. The first kappa shape index (κ1) is 13.7. The number of carboxylic acid groups (broad SMARTS) is 1. The number of aromatic carboxylic acids is 1. The Morgan fingerprint density at radius 2 is 2.29 bits per heavy atom. The van der Waals surface area contributed by atoms with Crippen LogP contribution < -0.4 is 4.74 Å². The van der Waals surface area contributed by atoms with Crippen LogP contribution in [-0.2, 0) is 0 Å². The van der Waals surface area contributed by atoms with Crippen molar-refractivity contribution in [3.8, 4) is 5.88 Å². The third kappa shape index (κ3) is 4.20. The Kier molecular flexibility index (Phi) is 5.18. The lowest BCUT2D eigenvalue weighted by atomic mass is 10.3. The molecule has 1 aromatic rings. The summed E-state index contributed by atoms with van der Waals surface area (Å²) in [5.41, 5.74) is 0.00396. The molecule has 0 unspecified atom stereocenters. The van der Waals surface area contributed by atoms with Crippen LogP contribution in [0.2, 0.25) is 5.02 Å². The highest BCUT2D eigenvalue weighted by Crippen LogP contribution is 2.25. The van der Waals surface area contributed by atoms with Gasteiger partial charge in [0.1, 0.15) is 5.02 Å². The van der Waals surface area contributed by atoms with E-state index in [9.17, 15) is 4.79 Å². The molecule has 0 saturated heterocycles. The Hall–Kier alpha value is -1.33. The molecular weight excluding hydrogens is 244 g/mol. The quantitative estimate of drug-likeness (QED) is 0.788. The number of halogens is 1. The normalized spacial score (nSPS) is 10.6. The summed E-state index contributed by atoms with van der Waals surface area (Å²) in [4.78, 5) is 16.8. The Morgan fingerprint density at radius 3 is 2.88 bits per heavy atom. The summed E-state index contributed by atoms with van der Waals surface area (Å²) in [5.74, 6) is -0.916. The van der Waals surface area contributed by atoms with Gasteiger partial charge in [0.2, 0.25) is 5.88 Å². The smallest absolute Gasteiger partial charge is 0.337 e. The summed E-state index contributed by atoms with van der Waals surface area (Å²) < 4.78 is 5.34. The molecule has 0 atom stereocenters. The predicted molar refractivity (Wildman–Crippen MR) is 64.9 cm³/mol. The maximum Gasteiger partial charge on any atom is 0.337 e. The second kappa shape index (κ2) is 6.42. The van der Waals surface area contributed by atoms with Crippen molar-refractivity contribution in [2.75, 3.05) is 27.2 Å². The molecule has 94 valence electrons. The largest absolute Gasteiger partial charge is 0.478 e. The van der Waals surface area contributed by atoms with Gasteiger partial charge >= 0.3 is 5.97 Å². The van der Waals surface area contributed by atoms with Gasteiger partial charge in [0.25, 0.3) is 0 Å². The SMILES string of the molecule is CN(C)CCCOc1nccc(C(=O)O)c1Cl. The third-order valence-corrected chi connectivity index (χ3v) is 2.44. The molecule has 0 aromatic carbocycles. The van der Waals surface area contributed by atoms with Crippen molar-refractivity contribution in [3.63, 3.8) is 0 Å². The van der Waals surface area contributed by atoms with Gasteiger partial charge in [-0.3, -0.25) is 0 Å². The minimum Gasteiger partial charge on any atom is -0.478 e. The number of nitrogens with zero attached hydrogens (tertiary/aromatic N) is 2. The zero-order chi connectivity index (χ0) is 12.8. The maximum absolute atomic E-state index is 10.8. The van der Waals surface area contributed by atoms with Gasteiger partial charge in [0.05, 0.1) is 12.2 Å². The number of hydrogen-bond donors (Lipinski definition) is 1. The van der Waals surface area contributed by atoms with Crippen LogP contribution in [0.15, 0.2) is 12.3 Å². The van der Waals surface area contributed by atoms with Crippen LogP contribution in [0.4, 0.5) is 0 Å². The van der Waals surface area contributed by atoms with E-state index in [2.05, 4.69) is 4.98 Å². The highest BCUT2D eigenvalue weighted by atomic mass is 35.5. The first-order valence-electron chi connectivity index (χ1n) is 5.17. The molecule has 17 heavy (non-hydrogen) atoms. The summed E-state index contributed by atoms with van der Waals surface area (Å²) in [6, 6.07) is 1.34. The van der Waals surface area contributed by atoms with Gasteiger partial charge < -0.3 is 14.7 Å². The number of ether oxygens (including phenoxy) is 1. The number of pyridine rings is 1. The lowest BCUT2D eigenvalue weighted by Crippen LogP contribution is -2.16. The summed E-state index contributed by atoms with van der Waals surface area (Å²) >= 11 is 5.87. The molecule has 0 aliphatic carbocycles. The first-order valence-corrected chi connectivity index (χ1v) is 5.55. The molecule has 0 fully saturated rings. The molecule has 1 heterocycles. The first-order chi connectivity index (χ1) is 8.02. The van der Waals surface area contributed by atoms with E-state index in [0.717, 1.165) is 13.0 Å². The standard InChI is InChI=1S/C11H15ClN2O3/c1-14(2)6-3-7-17-10-9(12)8(11(15)16)4-5-13-10/h4-5H,3,6-7H2,1-2H3,(H,15,16). The van der Waals surface area contributed by atoms with Gasteiger partial charge in [0, 0.05) is 12.7 Å². The number of carboxylic acids is 1. The van der Waals surface area contributed by atoms with Gasteiger partial charge in [0.15, 0.2) is 0 Å². The molecular formula is C11H15ClN2O3.